The molecule has 3 atom stereocenters. The maximum atomic E-state index is 13.6. The number of amides is 1. The van der Waals surface area contributed by atoms with E-state index in [0.29, 0.717) is 35.6 Å². The summed E-state index contributed by atoms with van der Waals surface area (Å²) in [4.78, 5) is 27.0. The topological polar surface area (TPSA) is 108 Å². The van der Waals surface area contributed by atoms with E-state index < -0.39 is 57.5 Å². The van der Waals surface area contributed by atoms with E-state index in [1.807, 2.05) is 13.8 Å². The number of halogens is 4. The van der Waals surface area contributed by atoms with Crippen LogP contribution in [0.25, 0.3) is 0 Å². The Bertz CT molecular complexity index is 1730. The van der Waals surface area contributed by atoms with Crippen molar-refractivity contribution >= 4 is 27.7 Å². The molecular weight excluding hydrogens is 658 g/mol. The standard InChI is InChI=1S/C34H33F4NO8S/c1-4-44-31(45-5-2)21-8-23-6-15-27(16-7-23)39-32(25-11-17-28(18-12-25)47-48(42,43)34(36,37)38)29(33(39)41)19-20-30(46-22(3)40)24-9-13-26(35)14-10-24/h6-7,9-18,29-32H,4-5,19-20H2,1-3H3/t29-,30-,32-/m1/s1. The number of hydrogen-bond donors (Lipinski definition) is 0. The van der Waals surface area contributed by atoms with Gasteiger partial charge in [-0.2, -0.15) is 21.6 Å². The van der Waals surface area contributed by atoms with Gasteiger partial charge < -0.3 is 23.3 Å². The van der Waals surface area contributed by atoms with Crippen molar-refractivity contribution in [3.05, 3.63) is 95.3 Å². The van der Waals surface area contributed by atoms with Gasteiger partial charge in [0, 0.05) is 31.4 Å². The van der Waals surface area contributed by atoms with Crippen LogP contribution in [0.1, 0.15) is 62.4 Å². The van der Waals surface area contributed by atoms with Crippen LogP contribution in [-0.2, 0) is 33.9 Å². The Hall–Kier alpha value is -4.45. The van der Waals surface area contributed by atoms with E-state index in [-0.39, 0.29) is 18.7 Å². The average Bonchev–Trinajstić information content (AvgIpc) is 3.03. The van der Waals surface area contributed by atoms with Crippen LogP contribution in [0.4, 0.5) is 23.2 Å². The molecule has 0 radical (unpaired) electrons. The fourth-order valence-electron chi connectivity index (χ4n) is 5.18. The molecule has 4 rings (SSSR count). The Morgan fingerprint density at radius 2 is 1.54 bits per heavy atom. The normalized spacial score (nSPS) is 16.9. The summed E-state index contributed by atoms with van der Waals surface area (Å²) in [7, 11) is -5.88. The third kappa shape index (κ3) is 8.91. The molecule has 48 heavy (non-hydrogen) atoms. The molecule has 0 bridgehead atoms. The van der Waals surface area contributed by atoms with Crippen molar-refractivity contribution in [1.29, 1.82) is 0 Å². The van der Waals surface area contributed by atoms with E-state index in [1.165, 1.54) is 48.2 Å². The third-order valence-electron chi connectivity index (χ3n) is 7.33. The second-order valence-electron chi connectivity index (χ2n) is 10.6. The van der Waals surface area contributed by atoms with E-state index in [0.717, 1.165) is 12.1 Å². The lowest BCUT2D eigenvalue weighted by molar-refractivity contribution is -0.147. The number of β-lactam (4-membered cyclic amide) rings is 1. The predicted octanol–water partition coefficient (Wildman–Crippen LogP) is 6.59. The number of carbonyl (C=O) groups is 2. The van der Waals surface area contributed by atoms with Gasteiger partial charge in [-0.25, -0.2) is 4.39 Å². The maximum Gasteiger partial charge on any atom is 0.534 e. The minimum atomic E-state index is -5.88. The van der Waals surface area contributed by atoms with Crippen LogP contribution in [0.2, 0.25) is 0 Å². The molecule has 1 fully saturated rings. The molecule has 1 amide bonds. The predicted molar refractivity (Wildman–Crippen MR) is 166 cm³/mol. The number of nitrogens with zero attached hydrogens (tertiary/aromatic N) is 1. The number of esters is 1. The highest BCUT2D eigenvalue weighted by Crippen LogP contribution is 2.47. The number of ether oxygens (including phenoxy) is 3. The number of alkyl halides is 3. The molecule has 1 aliphatic rings. The van der Waals surface area contributed by atoms with Gasteiger partial charge in [0.15, 0.2) is 0 Å². The van der Waals surface area contributed by atoms with E-state index >= 15 is 0 Å². The lowest BCUT2D eigenvalue weighted by Gasteiger charge is -2.48. The van der Waals surface area contributed by atoms with Gasteiger partial charge in [0.05, 0.1) is 12.0 Å². The van der Waals surface area contributed by atoms with E-state index in [1.54, 1.807) is 24.3 Å². The molecule has 0 unspecified atom stereocenters. The lowest BCUT2D eigenvalue weighted by atomic mass is 9.78. The molecule has 0 N–H and O–H groups in total. The Kier molecular flexibility index (Phi) is 11.9. The molecule has 9 nitrogen and oxygen atoms in total. The minimum absolute atomic E-state index is 0.201. The van der Waals surface area contributed by atoms with E-state index in [9.17, 15) is 35.6 Å². The maximum absolute atomic E-state index is 13.6. The quantitative estimate of drug-likeness (QED) is 0.0376. The molecule has 14 heteroatoms. The van der Waals surface area contributed by atoms with Crippen LogP contribution in [0, 0.1) is 23.6 Å². The first kappa shape index (κ1) is 36.4. The zero-order chi connectivity index (χ0) is 35.1. The first-order chi connectivity index (χ1) is 22.7. The molecule has 1 heterocycles. The van der Waals surface area contributed by atoms with Crippen molar-refractivity contribution in [1.82, 2.24) is 0 Å². The summed E-state index contributed by atoms with van der Waals surface area (Å²) in [6, 6.07) is 16.5. The number of carbonyl (C=O) groups excluding carboxylic acids is 2. The van der Waals surface area contributed by atoms with Crippen LogP contribution in [0.15, 0.2) is 72.8 Å². The summed E-state index contributed by atoms with van der Waals surface area (Å²) < 4.78 is 95.7. The smallest absolute Gasteiger partial charge is 0.458 e. The monoisotopic (exact) mass is 691 g/mol. The molecule has 1 aliphatic heterocycles. The van der Waals surface area contributed by atoms with Crippen molar-refractivity contribution in [2.75, 3.05) is 18.1 Å². The Morgan fingerprint density at radius 3 is 2.08 bits per heavy atom. The van der Waals surface area contributed by atoms with E-state index in [2.05, 4.69) is 16.0 Å². The van der Waals surface area contributed by atoms with Gasteiger partial charge >= 0.3 is 21.6 Å². The Morgan fingerprint density at radius 1 is 0.938 bits per heavy atom. The lowest BCUT2D eigenvalue weighted by Crippen LogP contribution is -2.55. The van der Waals surface area contributed by atoms with Gasteiger partial charge in [-0.05, 0) is 92.3 Å². The SMILES string of the molecule is CCOC(C#Cc1ccc(N2C(=O)[C@H](CC[C@@H](OC(C)=O)c3ccc(F)cc3)[C@H]2c2ccc(OS(=O)(=O)C(F)(F)F)cc2)cc1)OCC. The van der Waals surface area contributed by atoms with Gasteiger partial charge in [-0.1, -0.05) is 30.2 Å². The number of rotatable bonds is 13. The molecular formula is C34H33F4NO8S. The highest BCUT2D eigenvalue weighted by atomic mass is 32.2. The third-order valence-corrected chi connectivity index (χ3v) is 8.31. The average molecular weight is 692 g/mol. The fraction of sp³-hybridized carbons (Fsp3) is 0.353. The van der Waals surface area contributed by atoms with Crippen LogP contribution in [0.5, 0.6) is 5.75 Å². The largest absolute Gasteiger partial charge is 0.534 e. The molecule has 3 aromatic carbocycles. The van der Waals surface area contributed by atoms with Gasteiger partial charge in [0.2, 0.25) is 12.2 Å². The van der Waals surface area contributed by atoms with Crippen LogP contribution < -0.4 is 9.08 Å². The van der Waals surface area contributed by atoms with Crippen LogP contribution in [0.3, 0.4) is 0 Å². The van der Waals surface area contributed by atoms with Gasteiger partial charge in [0.1, 0.15) is 17.7 Å². The molecule has 0 saturated carbocycles. The van der Waals surface area contributed by atoms with Crippen molar-refractivity contribution in [2.45, 2.75) is 57.6 Å². The summed E-state index contributed by atoms with van der Waals surface area (Å²) >= 11 is 0. The van der Waals surface area contributed by atoms with Crippen molar-refractivity contribution in [3.8, 4) is 17.6 Å². The minimum Gasteiger partial charge on any atom is -0.458 e. The summed E-state index contributed by atoms with van der Waals surface area (Å²) in [5, 5.41) is 0. The van der Waals surface area contributed by atoms with Gasteiger partial charge in [-0.3, -0.25) is 9.59 Å². The first-order valence-electron chi connectivity index (χ1n) is 14.9. The van der Waals surface area contributed by atoms with E-state index in [4.69, 9.17) is 14.2 Å². The fourth-order valence-corrected chi connectivity index (χ4v) is 5.64. The van der Waals surface area contributed by atoms with Gasteiger partial charge in [-0.15, -0.1) is 0 Å². The van der Waals surface area contributed by atoms with Crippen molar-refractivity contribution in [2.24, 2.45) is 5.92 Å². The van der Waals surface area contributed by atoms with Crippen molar-refractivity contribution < 1.29 is 54.0 Å². The van der Waals surface area contributed by atoms with Gasteiger partial charge in [0.25, 0.3) is 0 Å². The second kappa shape index (κ2) is 15.6. The zero-order valence-corrected chi connectivity index (χ0v) is 27.0. The highest BCUT2D eigenvalue weighted by Gasteiger charge is 2.50. The summed E-state index contributed by atoms with van der Waals surface area (Å²) in [5.41, 5.74) is -3.46. The van der Waals surface area contributed by atoms with Crippen LogP contribution >= 0.6 is 0 Å². The number of benzene rings is 3. The zero-order valence-electron chi connectivity index (χ0n) is 26.2. The Labute approximate surface area is 275 Å². The molecule has 1 saturated heterocycles. The van der Waals surface area contributed by atoms with Crippen molar-refractivity contribution in [3.63, 3.8) is 0 Å². The number of anilines is 1. The summed E-state index contributed by atoms with van der Waals surface area (Å²) in [5.74, 6) is 3.34. The van der Waals surface area contributed by atoms with Crippen LogP contribution in [-0.4, -0.2) is 45.3 Å². The molecule has 0 aromatic heterocycles. The summed E-state index contributed by atoms with van der Waals surface area (Å²) in [6.45, 7) is 5.70. The first-order valence-corrected chi connectivity index (χ1v) is 16.4. The molecule has 0 aliphatic carbocycles. The summed E-state index contributed by atoms with van der Waals surface area (Å²) in [6.07, 6.45) is -1.06. The Balaban J connectivity index is 1.61. The number of hydrogen-bond acceptors (Lipinski definition) is 8. The second-order valence-corrected chi connectivity index (χ2v) is 12.1. The molecule has 256 valence electrons. The highest BCUT2D eigenvalue weighted by molar-refractivity contribution is 7.88. The molecule has 3 aromatic rings. The molecule has 0 spiro atoms.